The number of aromatic nitrogens is 4. The fourth-order valence-corrected chi connectivity index (χ4v) is 7.89. The van der Waals surface area contributed by atoms with Crippen molar-refractivity contribution in [2.24, 2.45) is 0 Å². The maximum absolute atomic E-state index is 6.62. The number of rotatable bonds is 3. The Morgan fingerprint density at radius 2 is 0.827 bits per heavy atom. The molecule has 0 bridgehead atoms. The SMILES string of the molecule is c1ccc2c(c1)oc1cc(-c3nc(-c4ccc5c(c4)oc4ccccc45)nc(-n4c5ccccc5c5ccc6c7ccccc7oc6c54)n3)ccc12. The molecule has 7 aromatic carbocycles. The van der Waals surface area contributed by atoms with Crippen molar-refractivity contribution in [3.63, 3.8) is 0 Å². The smallest absolute Gasteiger partial charge is 0.238 e. The van der Waals surface area contributed by atoms with Crippen LogP contribution in [0.4, 0.5) is 0 Å². The van der Waals surface area contributed by atoms with Gasteiger partial charge in [0, 0.05) is 54.2 Å². The normalized spacial score (nSPS) is 12.2. The number of fused-ring (bicyclic) bond motifs is 13. The van der Waals surface area contributed by atoms with Gasteiger partial charge < -0.3 is 13.3 Å². The number of nitrogens with zero attached hydrogens (tertiary/aromatic N) is 4. The molecule has 5 aromatic heterocycles. The summed E-state index contributed by atoms with van der Waals surface area (Å²) in [6, 6.07) is 49.3. The van der Waals surface area contributed by atoms with Crippen molar-refractivity contribution in [2.45, 2.75) is 0 Å². The van der Waals surface area contributed by atoms with E-state index in [0.29, 0.717) is 17.6 Å². The molecule has 0 saturated heterocycles. The van der Waals surface area contributed by atoms with E-state index in [4.69, 9.17) is 28.2 Å². The van der Waals surface area contributed by atoms with Gasteiger partial charge in [-0.2, -0.15) is 9.97 Å². The second-order valence-electron chi connectivity index (χ2n) is 13.2. The molecule has 7 heteroatoms. The third kappa shape index (κ3) is 3.82. The summed E-state index contributed by atoms with van der Waals surface area (Å²) in [7, 11) is 0. The summed E-state index contributed by atoms with van der Waals surface area (Å²) < 4.78 is 21.3. The van der Waals surface area contributed by atoms with Gasteiger partial charge in [0.05, 0.1) is 5.52 Å². The van der Waals surface area contributed by atoms with Gasteiger partial charge in [-0.05, 0) is 54.6 Å². The average molecular weight is 669 g/mol. The first kappa shape index (κ1) is 27.6. The zero-order chi connectivity index (χ0) is 33.9. The van der Waals surface area contributed by atoms with Gasteiger partial charge >= 0.3 is 0 Å². The molecule has 0 aliphatic carbocycles. The molecule has 52 heavy (non-hydrogen) atoms. The molecule has 5 heterocycles. The van der Waals surface area contributed by atoms with E-state index in [1.165, 1.54) is 0 Å². The predicted octanol–water partition coefficient (Wildman–Crippen LogP) is 12.0. The summed E-state index contributed by atoms with van der Waals surface area (Å²) in [5.41, 5.74) is 8.33. The van der Waals surface area contributed by atoms with Crippen molar-refractivity contribution in [1.82, 2.24) is 19.5 Å². The highest BCUT2D eigenvalue weighted by Gasteiger charge is 2.22. The molecule has 0 amide bonds. The lowest BCUT2D eigenvalue weighted by molar-refractivity contribution is 0.668. The number of hydrogen-bond acceptors (Lipinski definition) is 6. The zero-order valence-corrected chi connectivity index (χ0v) is 27.4. The minimum absolute atomic E-state index is 0.480. The Morgan fingerprint density at radius 3 is 1.44 bits per heavy atom. The van der Waals surface area contributed by atoms with Gasteiger partial charge in [0.25, 0.3) is 0 Å². The van der Waals surface area contributed by atoms with Crippen LogP contribution in [0.3, 0.4) is 0 Å². The zero-order valence-electron chi connectivity index (χ0n) is 27.4. The van der Waals surface area contributed by atoms with Crippen LogP contribution in [0.2, 0.25) is 0 Å². The maximum Gasteiger partial charge on any atom is 0.238 e. The quantitative estimate of drug-likeness (QED) is 0.186. The van der Waals surface area contributed by atoms with Crippen LogP contribution in [0.25, 0.3) is 116 Å². The minimum Gasteiger partial charge on any atom is -0.456 e. The van der Waals surface area contributed by atoms with Crippen LogP contribution in [0.1, 0.15) is 0 Å². The van der Waals surface area contributed by atoms with Crippen LogP contribution >= 0.6 is 0 Å². The van der Waals surface area contributed by atoms with Crippen molar-refractivity contribution >= 4 is 87.6 Å². The van der Waals surface area contributed by atoms with Crippen molar-refractivity contribution in [1.29, 1.82) is 0 Å². The number of furan rings is 3. The first-order valence-electron chi connectivity index (χ1n) is 17.2. The van der Waals surface area contributed by atoms with E-state index < -0.39 is 0 Å². The Kier molecular flexibility index (Phi) is 5.38. The number of para-hydroxylation sites is 4. The molecular weight excluding hydrogens is 645 g/mol. The Bertz CT molecular complexity index is 3300. The average Bonchev–Trinajstić information content (AvgIpc) is 3.95. The third-order valence-corrected chi connectivity index (χ3v) is 10.3. The molecule has 7 nitrogen and oxygen atoms in total. The first-order chi connectivity index (χ1) is 25.7. The van der Waals surface area contributed by atoms with Crippen molar-refractivity contribution in [3.05, 3.63) is 146 Å². The lowest BCUT2D eigenvalue weighted by Crippen LogP contribution is -2.06. The summed E-state index contributed by atoms with van der Waals surface area (Å²) in [5.74, 6) is 1.53. The van der Waals surface area contributed by atoms with Crippen LogP contribution in [-0.2, 0) is 0 Å². The van der Waals surface area contributed by atoms with Gasteiger partial charge in [-0.1, -0.05) is 91.0 Å². The molecule has 0 N–H and O–H groups in total. The summed E-state index contributed by atoms with van der Waals surface area (Å²) in [5, 5.41) is 8.45. The van der Waals surface area contributed by atoms with E-state index in [0.717, 1.165) is 98.7 Å². The summed E-state index contributed by atoms with van der Waals surface area (Å²) in [6.07, 6.45) is 0. The first-order valence-corrected chi connectivity index (χ1v) is 17.2. The van der Waals surface area contributed by atoms with Gasteiger partial charge in [-0.3, -0.25) is 4.57 Å². The molecule has 0 unspecified atom stereocenters. The third-order valence-electron chi connectivity index (χ3n) is 10.3. The Balaban J connectivity index is 1.17. The van der Waals surface area contributed by atoms with Crippen molar-refractivity contribution in [2.75, 3.05) is 0 Å². The van der Waals surface area contributed by atoms with Crippen LogP contribution in [0, 0.1) is 0 Å². The molecule has 0 saturated carbocycles. The molecular formula is C45H24N4O3. The highest BCUT2D eigenvalue weighted by Crippen LogP contribution is 2.41. The lowest BCUT2D eigenvalue weighted by Gasteiger charge is -2.11. The standard InChI is InChI=1S/C45H24N4O3/c1-5-13-35-27(9-1)33-21-22-34-30-12-4-8-16-38(30)52-42(34)41(33)49(35)45-47-43(25-17-19-31-28-10-2-6-14-36(28)50-39(31)23-25)46-44(48-45)26-18-20-32-29-11-3-7-15-37(29)51-40(32)24-26/h1-24H. The largest absolute Gasteiger partial charge is 0.456 e. The van der Waals surface area contributed by atoms with Gasteiger partial charge in [-0.25, -0.2) is 4.98 Å². The topological polar surface area (TPSA) is 83.0 Å². The van der Waals surface area contributed by atoms with E-state index in [2.05, 4.69) is 77.4 Å². The van der Waals surface area contributed by atoms with Gasteiger partial charge in [0.15, 0.2) is 17.2 Å². The Labute approximate surface area is 294 Å². The number of benzene rings is 7. The molecule has 0 atom stereocenters. The van der Waals surface area contributed by atoms with Crippen LogP contribution in [-0.4, -0.2) is 19.5 Å². The number of hydrogen-bond donors (Lipinski definition) is 0. The molecule has 242 valence electrons. The van der Waals surface area contributed by atoms with Crippen LogP contribution in [0.5, 0.6) is 0 Å². The second kappa shape index (κ2) is 10.2. The monoisotopic (exact) mass is 668 g/mol. The molecule has 12 aromatic rings. The molecule has 0 radical (unpaired) electrons. The van der Waals surface area contributed by atoms with Gasteiger partial charge in [0.2, 0.25) is 5.95 Å². The Hall–Kier alpha value is -7.25. The van der Waals surface area contributed by atoms with E-state index in [9.17, 15) is 0 Å². The molecule has 0 aliphatic rings. The minimum atomic E-state index is 0.480. The van der Waals surface area contributed by atoms with Gasteiger partial charge in [0.1, 0.15) is 33.4 Å². The fourth-order valence-electron chi connectivity index (χ4n) is 7.89. The predicted molar refractivity (Wildman–Crippen MR) is 207 cm³/mol. The summed E-state index contributed by atoms with van der Waals surface area (Å²) in [4.78, 5) is 15.6. The highest BCUT2D eigenvalue weighted by atomic mass is 16.3. The van der Waals surface area contributed by atoms with Gasteiger partial charge in [-0.15, -0.1) is 0 Å². The van der Waals surface area contributed by atoms with E-state index in [1.54, 1.807) is 0 Å². The van der Waals surface area contributed by atoms with E-state index in [-0.39, 0.29) is 0 Å². The maximum atomic E-state index is 6.62. The summed E-state index contributed by atoms with van der Waals surface area (Å²) in [6.45, 7) is 0. The summed E-state index contributed by atoms with van der Waals surface area (Å²) >= 11 is 0. The van der Waals surface area contributed by atoms with E-state index in [1.807, 2.05) is 72.8 Å². The van der Waals surface area contributed by atoms with Crippen molar-refractivity contribution < 1.29 is 13.3 Å². The highest BCUT2D eigenvalue weighted by molar-refractivity contribution is 6.21. The molecule has 0 spiro atoms. The Morgan fingerprint density at radius 1 is 0.365 bits per heavy atom. The molecule has 0 fully saturated rings. The van der Waals surface area contributed by atoms with Crippen LogP contribution in [0.15, 0.2) is 159 Å². The fraction of sp³-hybridized carbons (Fsp3) is 0. The van der Waals surface area contributed by atoms with Crippen molar-refractivity contribution in [3.8, 4) is 28.7 Å². The second-order valence-corrected chi connectivity index (χ2v) is 13.2. The molecule has 0 aliphatic heterocycles. The lowest BCUT2D eigenvalue weighted by atomic mass is 10.1. The van der Waals surface area contributed by atoms with E-state index >= 15 is 0 Å². The molecule has 12 rings (SSSR count). The van der Waals surface area contributed by atoms with Crippen LogP contribution < -0.4 is 0 Å².